The highest BCUT2D eigenvalue weighted by atomic mass is 16.6. The van der Waals surface area contributed by atoms with Crippen LogP contribution >= 0.6 is 0 Å². The molecule has 0 saturated heterocycles. The Kier molecular flexibility index (Phi) is 4.42. The number of aromatic nitrogens is 1. The number of nitro groups is 1. The van der Waals surface area contributed by atoms with Crippen LogP contribution in [0.2, 0.25) is 0 Å². The van der Waals surface area contributed by atoms with Gasteiger partial charge in [0.2, 0.25) is 0 Å². The molecule has 6 aromatic carbocycles. The van der Waals surface area contributed by atoms with Gasteiger partial charge in [0.1, 0.15) is 0 Å². The minimum Gasteiger partial charge on any atom is -0.309 e. The Morgan fingerprint density at radius 1 is 0.528 bits per heavy atom. The fourth-order valence-electron chi connectivity index (χ4n) is 5.59. The van der Waals surface area contributed by atoms with E-state index in [2.05, 4.69) is 83.4 Å². The molecule has 4 nitrogen and oxygen atoms in total. The highest BCUT2D eigenvalue weighted by Crippen LogP contribution is 2.42. The van der Waals surface area contributed by atoms with E-state index in [4.69, 9.17) is 0 Å². The Morgan fingerprint density at radius 2 is 1.22 bits per heavy atom. The highest BCUT2D eigenvalue weighted by Gasteiger charge is 2.19. The molecule has 7 aromatic rings. The molecular formula is C32H20N2O2. The Morgan fingerprint density at radius 3 is 2.08 bits per heavy atom. The minimum absolute atomic E-state index is 0.115. The average Bonchev–Trinajstić information content (AvgIpc) is 3.27. The van der Waals surface area contributed by atoms with Crippen LogP contribution in [0.4, 0.5) is 5.69 Å². The average molecular weight is 465 g/mol. The van der Waals surface area contributed by atoms with Gasteiger partial charge in [0, 0.05) is 22.5 Å². The van der Waals surface area contributed by atoms with Crippen molar-refractivity contribution in [2.45, 2.75) is 0 Å². The van der Waals surface area contributed by atoms with Crippen LogP contribution in [0.1, 0.15) is 0 Å². The summed E-state index contributed by atoms with van der Waals surface area (Å²) in [6, 6.07) is 40.6. The SMILES string of the molecule is O=[N+]([O-])c1ccccc1-c1cccc2c1ccc1ccc3c(c4ccccc4n3-c3ccccc3)c12. The molecule has 0 unspecified atom stereocenters. The van der Waals surface area contributed by atoms with Crippen molar-refractivity contribution in [3.8, 4) is 16.8 Å². The number of rotatable bonds is 3. The van der Waals surface area contributed by atoms with Crippen molar-refractivity contribution in [3.05, 3.63) is 131 Å². The maximum absolute atomic E-state index is 11.8. The van der Waals surface area contributed by atoms with Crippen LogP contribution in [0, 0.1) is 10.1 Å². The quantitative estimate of drug-likeness (QED) is 0.149. The van der Waals surface area contributed by atoms with Crippen molar-refractivity contribution >= 4 is 49.0 Å². The van der Waals surface area contributed by atoms with Crippen LogP contribution in [0.3, 0.4) is 0 Å². The second-order valence-corrected chi connectivity index (χ2v) is 8.99. The summed E-state index contributed by atoms with van der Waals surface area (Å²) in [5.74, 6) is 0. The number of hydrogen-bond donors (Lipinski definition) is 0. The Hall–Kier alpha value is -4.96. The molecule has 0 aliphatic heterocycles. The van der Waals surface area contributed by atoms with Gasteiger partial charge in [0.05, 0.1) is 21.5 Å². The van der Waals surface area contributed by atoms with E-state index >= 15 is 0 Å². The topological polar surface area (TPSA) is 48.1 Å². The van der Waals surface area contributed by atoms with Crippen LogP contribution in [0.25, 0.3) is 60.2 Å². The summed E-state index contributed by atoms with van der Waals surface area (Å²) in [6.45, 7) is 0. The molecule has 7 rings (SSSR count). The first kappa shape index (κ1) is 20.4. The Balaban J connectivity index is 1.66. The van der Waals surface area contributed by atoms with E-state index < -0.39 is 0 Å². The summed E-state index contributed by atoms with van der Waals surface area (Å²) in [6.07, 6.45) is 0. The van der Waals surface area contributed by atoms with Gasteiger partial charge in [0.15, 0.2) is 0 Å². The van der Waals surface area contributed by atoms with Gasteiger partial charge in [0.25, 0.3) is 5.69 Å². The third-order valence-corrected chi connectivity index (χ3v) is 7.08. The molecule has 170 valence electrons. The molecule has 0 atom stereocenters. The standard InChI is InChI=1S/C32H20N2O2/c35-34(36)29-16-7-4-11-25(29)23-13-8-14-26-24(23)19-17-21-18-20-30-32(31(21)26)27-12-5-6-15-28(27)33(30)22-9-2-1-3-10-22/h1-20H. The van der Waals surface area contributed by atoms with Gasteiger partial charge in [-0.1, -0.05) is 84.9 Å². The van der Waals surface area contributed by atoms with E-state index in [0.29, 0.717) is 5.56 Å². The van der Waals surface area contributed by atoms with Gasteiger partial charge in [-0.2, -0.15) is 0 Å². The number of nitro benzene ring substituents is 1. The first-order valence-electron chi connectivity index (χ1n) is 11.9. The van der Waals surface area contributed by atoms with Crippen LogP contribution in [-0.4, -0.2) is 9.49 Å². The van der Waals surface area contributed by atoms with E-state index in [9.17, 15) is 10.1 Å². The molecule has 0 radical (unpaired) electrons. The molecule has 4 heteroatoms. The molecule has 0 N–H and O–H groups in total. The van der Waals surface area contributed by atoms with Gasteiger partial charge in [-0.15, -0.1) is 0 Å². The third kappa shape index (κ3) is 2.88. The number of fused-ring (bicyclic) bond motifs is 7. The molecule has 0 bridgehead atoms. The zero-order valence-electron chi connectivity index (χ0n) is 19.3. The van der Waals surface area contributed by atoms with Crippen LogP contribution in [-0.2, 0) is 0 Å². The lowest BCUT2D eigenvalue weighted by Gasteiger charge is -2.12. The molecule has 1 aromatic heterocycles. The van der Waals surface area contributed by atoms with Gasteiger partial charge >= 0.3 is 0 Å². The summed E-state index contributed by atoms with van der Waals surface area (Å²) in [7, 11) is 0. The second kappa shape index (κ2) is 7.79. The lowest BCUT2D eigenvalue weighted by Crippen LogP contribution is -1.93. The summed E-state index contributed by atoms with van der Waals surface area (Å²) in [4.78, 5) is 11.5. The third-order valence-electron chi connectivity index (χ3n) is 7.08. The van der Waals surface area contributed by atoms with Crippen molar-refractivity contribution in [1.29, 1.82) is 0 Å². The van der Waals surface area contributed by atoms with Gasteiger partial charge in [-0.3, -0.25) is 10.1 Å². The molecule has 0 fully saturated rings. The van der Waals surface area contributed by atoms with Gasteiger partial charge in [-0.25, -0.2) is 0 Å². The molecular weight excluding hydrogens is 444 g/mol. The number of hydrogen-bond acceptors (Lipinski definition) is 2. The molecule has 0 aliphatic carbocycles. The smallest absolute Gasteiger partial charge is 0.277 e. The normalized spacial score (nSPS) is 11.6. The number of nitrogens with zero attached hydrogens (tertiary/aromatic N) is 2. The Labute approximate surface area is 206 Å². The summed E-state index contributed by atoms with van der Waals surface area (Å²) in [5, 5.41) is 18.6. The molecule has 0 spiro atoms. The summed E-state index contributed by atoms with van der Waals surface area (Å²) < 4.78 is 2.31. The zero-order chi connectivity index (χ0) is 24.2. The summed E-state index contributed by atoms with van der Waals surface area (Å²) in [5.41, 5.74) is 5.02. The van der Waals surface area contributed by atoms with E-state index in [1.807, 2.05) is 30.3 Å². The van der Waals surface area contributed by atoms with Gasteiger partial charge < -0.3 is 4.57 Å². The zero-order valence-corrected chi connectivity index (χ0v) is 19.3. The summed E-state index contributed by atoms with van der Waals surface area (Å²) >= 11 is 0. The largest absolute Gasteiger partial charge is 0.309 e. The lowest BCUT2D eigenvalue weighted by molar-refractivity contribution is -0.384. The van der Waals surface area contributed by atoms with Crippen molar-refractivity contribution in [1.82, 2.24) is 4.57 Å². The van der Waals surface area contributed by atoms with Crippen molar-refractivity contribution < 1.29 is 4.92 Å². The van der Waals surface area contributed by atoms with Crippen molar-refractivity contribution in [2.24, 2.45) is 0 Å². The van der Waals surface area contributed by atoms with Crippen molar-refractivity contribution in [3.63, 3.8) is 0 Å². The first-order chi connectivity index (χ1) is 17.7. The maximum Gasteiger partial charge on any atom is 0.277 e. The molecule has 1 heterocycles. The fraction of sp³-hybridized carbons (Fsp3) is 0. The van der Waals surface area contributed by atoms with Crippen LogP contribution < -0.4 is 0 Å². The second-order valence-electron chi connectivity index (χ2n) is 8.99. The highest BCUT2D eigenvalue weighted by molar-refractivity contribution is 6.29. The molecule has 0 amide bonds. The van der Waals surface area contributed by atoms with E-state index in [1.165, 1.54) is 10.8 Å². The molecule has 0 saturated carbocycles. The molecule has 36 heavy (non-hydrogen) atoms. The van der Waals surface area contributed by atoms with E-state index in [0.717, 1.165) is 43.8 Å². The van der Waals surface area contributed by atoms with Crippen LogP contribution in [0.5, 0.6) is 0 Å². The van der Waals surface area contributed by atoms with Gasteiger partial charge in [-0.05, 0) is 57.4 Å². The van der Waals surface area contributed by atoms with Crippen LogP contribution in [0.15, 0.2) is 121 Å². The van der Waals surface area contributed by atoms with E-state index in [-0.39, 0.29) is 10.6 Å². The minimum atomic E-state index is -0.305. The molecule has 0 aliphatic rings. The lowest BCUT2D eigenvalue weighted by atomic mass is 9.92. The number of benzene rings is 6. The maximum atomic E-state index is 11.8. The predicted molar refractivity (Wildman–Crippen MR) is 148 cm³/mol. The Bertz CT molecular complexity index is 1970. The monoisotopic (exact) mass is 464 g/mol. The number of para-hydroxylation sites is 3. The fourth-order valence-corrected chi connectivity index (χ4v) is 5.59. The van der Waals surface area contributed by atoms with Crippen molar-refractivity contribution in [2.75, 3.05) is 0 Å². The van der Waals surface area contributed by atoms with E-state index in [1.54, 1.807) is 12.1 Å². The predicted octanol–water partition coefficient (Wildman–Crippen LogP) is 8.67. The first-order valence-corrected chi connectivity index (χ1v) is 11.9.